The highest BCUT2D eigenvalue weighted by Gasteiger charge is 2.31. The van der Waals surface area contributed by atoms with Crippen LogP contribution < -0.4 is 5.48 Å². The van der Waals surface area contributed by atoms with Crippen LogP contribution in [0.2, 0.25) is 0 Å². The number of hydroxylamine groups is 1. The molecule has 1 saturated carbocycles. The molecule has 0 radical (unpaired) electrons. The lowest BCUT2D eigenvalue weighted by Crippen LogP contribution is -2.47. The van der Waals surface area contributed by atoms with E-state index >= 15 is 0 Å². The predicted octanol–water partition coefficient (Wildman–Crippen LogP) is 2.42. The first kappa shape index (κ1) is 16.0. The highest BCUT2D eigenvalue weighted by molar-refractivity contribution is 5.82. The Bertz CT molecular complexity index is 540. The fourth-order valence-electron chi connectivity index (χ4n) is 3.38. The van der Waals surface area contributed by atoms with E-state index in [0.29, 0.717) is 13.0 Å². The van der Waals surface area contributed by atoms with Gasteiger partial charge in [0.05, 0.1) is 0 Å². The molecule has 0 spiro atoms. The molecule has 1 aromatic carbocycles. The number of amides is 2. The predicted molar refractivity (Wildman–Crippen MR) is 86.1 cm³/mol. The minimum atomic E-state index is -0.558. The van der Waals surface area contributed by atoms with Gasteiger partial charge >= 0.3 is 0 Å². The van der Waals surface area contributed by atoms with Gasteiger partial charge < -0.3 is 4.90 Å². The molecule has 2 aliphatic rings. The van der Waals surface area contributed by atoms with E-state index in [1.54, 1.807) is 0 Å². The maximum absolute atomic E-state index is 12.5. The number of piperidine rings is 1. The van der Waals surface area contributed by atoms with Gasteiger partial charge in [0.1, 0.15) is 0 Å². The van der Waals surface area contributed by atoms with Gasteiger partial charge in [-0.1, -0.05) is 43.2 Å². The van der Waals surface area contributed by atoms with Crippen molar-refractivity contribution in [1.82, 2.24) is 10.4 Å². The molecule has 0 aromatic heterocycles. The number of likely N-dealkylation sites (tertiary alicyclic amines) is 1. The average molecular weight is 316 g/mol. The Labute approximate surface area is 136 Å². The zero-order valence-electron chi connectivity index (χ0n) is 13.4. The molecule has 1 atom stereocenters. The van der Waals surface area contributed by atoms with E-state index in [-0.39, 0.29) is 17.7 Å². The first-order chi connectivity index (χ1) is 11.2. The number of nitrogens with zero attached hydrogens (tertiary/aromatic N) is 1. The standard InChI is InChI=1S/C18H24N2O3/c21-17(15-9-4-5-10-15)19-23-16-11-6-12-20(18(16)22)13-14-7-2-1-3-8-14/h1-3,7-8,15-16H,4-6,9-13H2,(H,19,21). The van der Waals surface area contributed by atoms with Crippen molar-refractivity contribution in [2.75, 3.05) is 6.54 Å². The summed E-state index contributed by atoms with van der Waals surface area (Å²) in [4.78, 5) is 31.8. The van der Waals surface area contributed by atoms with E-state index in [9.17, 15) is 9.59 Å². The summed E-state index contributed by atoms with van der Waals surface area (Å²) in [6.45, 7) is 1.33. The molecule has 3 rings (SSSR count). The molecule has 1 aromatic rings. The van der Waals surface area contributed by atoms with Crippen LogP contribution in [0.5, 0.6) is 0 Å². The van der Waals surface area contributed by atoms with E-state index in [1.165, 1.54) is 0 Å². The summed E-state index contributed by atoms with van der Waals surface area (Å²) in [6, 6.07) is 9.93. The number of hydrogen-bond donors (Lipinski definition) is 1. The van der Waals surface area contributed by atoms with Crippen LogP contribution in [-0.2, 0) is 21.0 Å². The molecule has 2 fully saturated rings. The Morgan fingerprint density at radius 2 is 1.87 bits per heavy atom. The average Bonchev–Trinajstić information content (AvgIpc) is 3.11. The van der Waals surface area contributed by atoms with Gasteiger partial charge in [0, 0.05) is 19.0 Å². The smallest absolute Gasteiger partial charge is 0.254 e. The number of rotatable bonds is 5. The van der Waals surface area contributed by atoms with Crippen LogP contribution in [0.4, 0.5) is 0 Å². The molecule has 23 heavy (non-hydrogen) atoms. The number of benzene rings is 1. The highest BCUT2D eigenvalue weighted by atomic mass is 16.7. The van der Waals surface area contributed by atoms with E-state index in [1.807, 2.05) is 35.2 Å². The van der Waals surface area contributed by atoms with Crippen LogP contribution in [0.25, 0.3) is 0 Å². The summed E-state index contributed by atoms with van der Waals surface area (Å²) >= 11 is 0. The van der Waals surface area contributed by atoms with Crippen molar-refractivity contribution in [3.8, 4) is 0 Å². The molecule has 1 saturated heterocycles. The Balaban J connectivity index is 1.51. The Morgan fingerprint density at radius 3 is 2.61 bits per heavy atom. The van der Waals surface area contributed by atoms with Crippen LogP contribution in [0.15, 0.2) is 30.3 Å². The zero-order chi connectivity index (χ0) is 16.1. The van der Waals surface area contributed by atoms with Crippen LogP contribution in [0.3, 0.4) is 0 Å². The van der Waals surface area contributed by atoms with Gasteiger partial charge in [0.15, 0.2) is 6.10 Å². The molecule has 2 amide bonds. The SMILES string of the molecule is O=C(NOC1CCCN(Cc2ccccc2)C1=O)C1CCCC1. The summed E-state index contributed by atoms with van der Waals surface area (Å²) in [5.41, 5.74) is 3.63. The van der Waals surface area contributed by atoms with E-state index in [4.69, 9.17) is 4.84 Å². The lowest BCUT2D eigenvalue weighted by Gasteiger charge is -2.32. The van der Waals surface area contributed by atoms with Crippen LogP contribution in [0, 0.1) is 5.92 Å². The number of carbonyl (C=O) groups is 2. The quantitative estimate of drug-likeness (QED) is 0.849. The van der Waals surface area contributed by atoms with E-state index in [0.717, 1.165) is 44.2 Å². The summed E-state index contributed by atoms with van der Waals surface area (Å²) in [6.07, 6.45) is 5.05. The topological polar surface area (TPSA) is 58.6 Å². The van der Waals surface area contributed by atoms with Gasteiger partial charge in [0.25, 0.3) is 5.91 Å². The van der Waals surface area contributed by atoms with Gasteiger partial charge in [-0.2, -0.15) is 0 Å². The molecule has 124 valence electrons. The molecule has 0 bridgehead atoms. The fourth-order valence-corrected chi connectivity index (χ4v) is 3.38. The molecular formula is C18H24N2O3. The molecular weight excluding hydrogens is 292 g/mol. The highest BCUT2D eigenvalue weighted by Crippen LogP contribution is 2.25. The van der Waals surface area contributed by atoms with Crippen LogP contribution >= 0.6 is 0 Å². The third kappa shape index (κ3) is 4.10. The molecule has 1 N–H and O–H groups in total. The Morgan fingerprint density at radius 1 is 1.13 bits per heavy atom. The molecule has 1 aliphatic heterocycles. The van der Waals surface area contributed by atoms with Gasteiger partial charge in [-0.05, 0) is 31.2 Å². The maximum Gasteiger partial charge on any atom is 0.254 e. The van der Waals surface area contributed by atoms with Gasteiger partial charge in [0.2, 0.25) is 5.91 Å². The van der Waals surface area contributed by atoms with E-state index in [2.05, 4.69) is 5.48 Å². The summed E-state index contributed by atoms with van der Waals surface area (Å²) in [7, 11) is 0. The Kier molecular flexibility index (Phi) is 5.28. The van der Waals surface area contributed by atoms with Crippen molar-refractivity contribution in [3.63, 3.8) is 0 Å². The molecule has 1 aliphatic carbocycles. The minimum Gasteiger partial charge on any atom is -0.336 e. The second kappa shape index (κ2) is 7.59. The first-order valence-electron chi connectivity index (χ1n) is 8.52. The molecule has 1 unspecified atom stereocenters. The fraction of sp³-hybridized carbons (Fsp3) is 0.556. The monoisotopic (exact) mass is 316 g/mol. The van der Waals surface area contributed by atoms with Crippen molar-refractivity contribution < 1.29 is 14.4 Å². The minimum absolute atomic E-state index is 0.0353. The third-order valence-corrected chi connectivity index (χ3v) is 4.73. The van der Waals surface area contributed by atoms with E-state index < -0.39 is 6.10 Å². The largest absolute Gasteiger partial charge is 0.336 e. The lowest BCUT2D eigenvalue weighted by molar-refractivity contribution is -0.161. The van der Waals surface area contributed by atoms with Crippen LogP contribution in [0.1, 0.15) is 44.1 Å². The van der Waals surface area contributed by atoms with Crippen LogP contribution in [-0.4, -0.2) is 29.4 Å². The second-order valence-electron chi connectivity index (χ2n) is 6.44. The molecule has 5 heteroatoms. The van der Waals surface area contributed by atoms with Crippen molar-refractivity contribution in [2.24, 2.45) is 5.92 Å². The van der Waals surface area contributed by atoms with Crippen molar-refractivity contribution in [1.29, 1.82) is 0 Å². The van der Waals surface area contributed by atoms with Crippen molar-refractivity contribution in [3.05, 3.63) is 35.9 Å². The summed E-state index contributed by atoms with van der Waals surface area (Å²) < 4.78 is 0. The van der Waals surface area contributed by atoms with Gasteiger partial charge in [-0.15, -0.1) is 0 Å². The molecule has 1 heterocycles. The summed E-state index contributed by atoms with van der Waals surface area (Å²) in [5.74, 6) is -0.0589. The van der Waals surface area contributed by atoms with Gasteiger partial charge in [-0.25, -0.2) is 5.48 Å². The first-order valence-corrected chi connectivity index (χ1v) is 8.52. The second-order valence-corrected chi connectivity index (χ2v) is 6.44. The normalized spacial score (nSPS) is 22.3. The third-order valence-electron chi connectivity index (χ3n) is 4.73. The number of hydrogen-bond acceptors (Lipinski definition) is 3. The maximum atomic E-state index is 12.5. The molecule has 5 nitrogen and oxygen atoms in total. The van der Waals surface area contributed by atoms with Crippen molar-refractivity contribution >= 4 is 11.8 Å². The zero-order valence-corrected chi connectivity index (χ0v) is 13.4. The lowest BCUT2D eigenvalue weighted by atomic mass is 10.1. The van der Waals surface area contributed by atoms with Gasteiger partial charge in [-0.3, -0.25) is 14.4 Å². The van der Waals surface area contributed by atoms with Crippen molar-refractivity contribution in [2.45, 2.75) is 51.2 Å². The summed E-state index contributed by atoms with van der Waals surface area (Å²) in [5, 5.41) is 0. The number of nitrogens with one attached hydrogen (secondary N) is 1. The number of carbonyl (C=O) groups excluding carboxylic acids is 2. The Hall–Kier alpha value is -1.88.